The van der Waals surface area contributed by atoms with Gasteiger partial charge >= 0.3 is 0 Å². The molecule has 0 saturated carbocycles. The molecular weight excluding hydrogens is 203 g/mol. The van der Waals surface area contributed by atoms with Crippen molar-refractivity contribution < 1.29 is 9.13 Å². The van der Waals surface area contributed by atoms with Crippen LogP contribution in [0.1, 0.15) is 37.3 Å². The van der Waals surface area contributed by atoms with Gasteiger partial charge in [-0.2, -0.15) is 0 Å². The van der Waals surface area contributed by atoms with Gasteiger partial charge in [-0.15, -0.1) is 0 Å². The summed E-state index contributed by atoms with van der Waals surface area (Å²) < 4.78 is 18.3. The highest BCUT2D eigenvalue weighted by Gasteiger charge is 2.13. The maximum absolute atomic E-state index is 12.7. The molecule has 89 valence electrons. The second-order valence-corrected chi connectivity index (χ2v) is 3.88. The average molecular weight is 223 g/mol. The van der Waals surface area contributed by atoms with E-state index in [1.54, 1.807) is 0 Å². The third kappa shape index (κ3) is 2.97. The Hall–Kier alpha value is -1.05. The van der Waals surface area contributed by atoms with Gasteiger partial charge in [0.1, 0.15) is 5.75 Å². The summed E-state index contributed by atoms with van der Waals surface area (Å²) in [4.78, 5) is 0. The van der Waals surface area contributed by atoms with Crippen LogP contribution in [-0.4, -0.2) is 13.3 Å². The molecule has 1 atom stereocenters. The number of rotatable bonds is 6. The molecule has 0 aliphatic carbocycles. The van der Waals surface area contributed by atoms with Gasteiger partial charge in [0.25, 0.3) is 0 Å². The van der Waals surface area contributed by atoms with E-state index in [-0.39, 0.29) is 5.92 Å². The van der Waals surface area contributed by atoms with Crippen LogP contribution in [0.2, 0.25) is 0 Å². The maximum atomic E-state index is 12.7. The Morgan fingerprint density at radius 1 is 1.38 bits per heavy atom. The monoisotopic (exact) mass is 223 g/mol. The van der Waals surface area contributed by atoms with Gasteiger partial charge in [0.2, 0.25) is 0 Å². The molecule has 0 aromatic heterocycles. The van der Waals surface area contributed by atoms with Gasteiger partial charge < -0.3 is 4.74 Å². The Labute approximate surface area is 97.6 Å². The van der Waals surface area contributed by atoms with Crippen LogP contribution in [0.4, 0.5) is 4.39 Å². The smallest absolute Gasteiger partial charge is 0.122 e. The summed E-state index contributed by atoms with van der Waals surface area (Å²) in [5.74, 6) is 0.587. The molecule has 0 bridgehead atoms. The van der Waals surface area contributed by atoms with Gasteiger partial charge in [-0.05, 0) is 37.0 Å². The fourth-order valence-corrected chi connectivity index (χ4v) is 1.77. The van der Waals surface area contributed by atoms with E-state index in [1.807, 2.05) is 18.2 Å². The number of ether oxygens (including phenoxy) is 1. The van der Waals surface area contributed by atoms with Crippen molar-refractivity contribution in [2.75, 3.05) is 13.3 Å². The molecule has 0 saturated heterocycles. The fraction of sp³-hybridized carbons (Fsp3) is 0.500. The minimum absolute atomic E-state index is 0.292. The molecule has 0 aliphatic heterocycles. The molecule has 1 rings (SSSR count). The van der Waals surface area contributed by atoms with Crippen molar-refractivity contribution >= 4 is 0 Å². The van der Waals surface area contributed by atoms with Crippen molar-refractivity contribution in [2.24, 2.45) is 0 Å². The normalized spacial score (nSPS) is 12.5. The van der Waals surface area contributed by atoms with Gasteiger partial charge in [0.15, 0.2) is 0 Å². The van der Waals surface area contributed by atoms with Crippen molar-refractivity contribution in [3.05, 3.63) is 36.2 Å². The van der Waals surface area contributed by atoms with Crippen molar-refractivity contribution in [3.63, 3.8) is 0 Å². The Bertz CT molecular complexity index is 323. The number of halogens is 1. The molecule has 1 aromatic carbocycles. The van der Waals surface area contributed by atoms with E-state index in [9.17, 15) is 4.39 Å². The first-order valence-electron chi connectivity index (χ1n) is 5.88. The summed E-state index contributed by atoms with van der Waals surface area (Å²) in [7, 11) is 0. The van der Waals surface area contributed by atoms with Gasteiger partial charge in [-0.25, -0.2) is 0 Å². The van der Waals surface area contributed by atoms with Gasteiger partial charge in [0, 0.05) is 5.92 Å². The molecule has 16 heavy (non-hydrogen) atoms. The van der Waals surface area contributed by atoms with Crippen LogP contribution in [0, 0.1) is 6.92 Å². The first-order valence-corrected chi connectivity index (χ1v) is 5.88. The minimum atomic E-state index is -0.426. The molecule has 0 N–H and O–H groups in total. The van der Waals surface area contributed by atoms with E-state index in [0.717, 1.165) is 29.7 Å². The van der Waals surface area contributed by atoms with E-state index in [4.69, 9.17) is 4.74 Å². The Morgan fingerprint density at radius 3 is 2.69 bits per heavy atom. The van der Waals surface area contributed by atoms with Gasteiger partial charge in [-0.1, -0.05) is 26.0 Å². The van der Waals surface area contributed by atoms with E-state index in [2.05, 4.69) is 20.8 Å². The van der Waals surface area contributed by atoms with Crippen LogP contribution in [0.3, 0.4) is 0 Å². The Balaban J connectivity index is 3.00. The van der Waals surface area contributed by atoms with E-state index in [0.29, 0.717) is 6.61 Å². The summed E-state index contributed by atoms with van der Waals surface area (Å²) in [5.41, 5.74) is 2.06. The summed E-state index contributed by atoms with van der Waals surface area (Å²) in [5, 5.41) is 0. The highest BCUT2D eigenvalue weighted by atomic mass is 19.1. The lowest BCUT2D eigenvalue weighted by molar-refractivity contribution is 0.313. The molecule has 0 aliphatic rings. The molecule has 0 amide bonds. The molecule has 2 heteroatoms. The zero-order valence-electron chi connectivity index (χ0n) is 10.1. The zero-order chi connectivity index (χ0) is 12.0. The first kappa shape index (κ1) is 13.0. The predicted octanol–water partition coefficient (Wildman–Crippen LogP) is 3.92. The van der Waals surface area contributed by atoms with E-state index in [1.165, 1.54) is 0 Å². The summed E-state index contributed by atoms with van der Waals surface area (Å²) in [6.07, 6.45) is 1.82. The predicted molar refractivity (Wildman–Crippen MR) is 65.7 cm³/mol. The highest BCUT2D eigenvalue weighted by molar-refractivity contribution is 5.42. The number of alkyl halides is 1. The molecule has 1 nitrogen and oxygen atoms in total. The molecular formula is C14H20FO. The van der Waals surface area contributed by atoms with Crippen LogP contribution < -0.4 is 4.74 Å². The SMILES string of the molecule is [CH2]C(CF)c1cccc(OCCC)c1CC. The minimum Gasteiger partial charge on any atom is -0.493 e. The Kier molecular flexibility index (Phi) is 5.30. The first-order chi connectivity index (χ1) is 7.74. The maximum Gasteiger partial charge on any atom is 0.122 e. The van der Waals surface area contributed by atoms with Crippen LogP contribution in [0.5, 0.6) is 5.75 Å². The molecule has 1 radical (unpaired) electrons. The van der Waals surface area contributed by atoms with Crippen LogP contribution in [0.25, 0.3) is 0 Å². The zero-order valence-corrected chi connectivity index (χ0v) is 10.1. The molecule has 0 heterocycles. The van der Waals surface area contributed by atoms with E-state index < -0.39 is 6.67 Å². The third-order valence-corrected chi connectivity index (χ3v) is 2.61. The fourth-order valence-electron chi connectivity index (χ4n) is 1.77. The van der Waals surface area contributed by atoms with Crippen molar-refractivity contribution in [3.8, 4) is 5.75 Å². The van der Waals surface area contributed by atoms with Gasteiger partial charge in [-0.3, -0.25) is 4.39 Å². The van der Waals surface area contributed by atoms with Crippen molar-refractivity contribution in [1.82, 2.24) is 0 Å². The van der Waals surface area contributed by atoms with Crippen LogP contribution in [0.15, 0.2) is 18.2 Å². The average Bonchev–Trinajstić information content (AvgIpc) is 2.34. The second kappa shape index (κ2) is 6.51. The van der Waals surface area contributed by atoms with Crippen molar-refractivity contribution in [2.45, 2.75) is 32.6 Å². The summed E-state index contributed by atoms with van der Waals surface area (Å²) in [6, 6.07) is 5.80. The Morgan fingerprint density at radius 2 is 2.12 bits per heavy atom. The molecule has 1 unspecified atom stereocenters. The molecule has 0 fully saturated rings. The number of benzene rings is 1. The molecule has 1 aromatic rings. The highest BCUT2D eigenvalue weighted by Crippen LogP contribution is 2.28. The largest absolute Gasteiger partial charge is 0.493 e. The third-order valence-electron chi connectivity index (χ3n) is 2.61. The van der Waals surface area contributed by atoms with E-state index >= 15 is 0 Å². The van der Waals surface area contributed by atoms with Crippen LogP contribution >= 0.6 is 0 Å². The number of hydrogen-bond donors (Lipinski definition) is 0. The van der Waals surface area contributed by atoms with Crippen molar-refractivity contribution in [1.29, 1.82) is 0 Å². The van der Waals surface area contributed by atoms with Gasteiger partial charge in [0.05, 0.1) is 13.3 Å². The number of hydrogen-bond acceptors (Lipinski definition) is 1. The quantitative estimate of drug-likeness (QED) is 0.710. The second-order valence-electron chi connectivity index (χ2n) is 3.88. The standard InChI is InChI=1S/C14H20FO/c1-4-9-16-14-8-6-7-13(11(3)10-15)12(14)5-2/h6-8,11H,3-5,9-10H2,1-2H3. The lowest BCUT2D eigenvalue weighted by atomic mass is 9.94. The topological polar surface area (TPSA) is 9.23 Å². The van der Waals surface area contributed by atoms with Crippen LogP contribution in [-0.2, 0) is 6.42 Å². The lowest BCUT2D eigenvalue weighted by Gasteiger charge is -2.17. The summed E-state index contributed by atoms with van der Waals surface area (Å²) >= 11 is 0. The lowest BCUT2D eigenvalue weighted by Crippen LogP contribution is -2.05. The summed E-state index contributed by atoms with van der Waals surface area (Å²) in [6.45, 7) is 8.23. The molecule has 0 spiro atoms.